The highest BCUT2D eigenvalue weighted by molar-refractivity contribution is 7.86. The number of β-lactam (4-membered cyclic amide) rings is 1. The Morgan fingerprint density at radius 1 is 1.03 bits per heavy atom. The zero-order chi connectivity index (χ0) is 25.0. The second-order valence-electron chi connectivity index (χ2n) is 9.08. The van der Waals surface area contributed by atoms with E-state index in [0.29, 0.717) is 12.1 Å². The standard InChI is InChI=1S/C28H23FN2O4S.B/c1-2-36(33,34)35-27-26(24-14-12-18(29)16-30-24)31(28(27)32)25-15-23-19-8-4-3-7-17(19)11-13-21(23)20-9-5-6-10-22(20)25;/h3-14,16,23,26-27H,2,15H2,1H3;/t23?,26-,27-;/m0./s1. The molecule has 1 fully saturated rings. The molecule has 0 spiro atoms. The predicted octanol–water partition coefficient (Wildman–Crippen LogP) is 2.63. The Labute approximate surface area is 216 Å². The molecule has 3 aromatic rings. The molecule has 3 atom stereocenters. The number of carbonyl (C=O) groups is 1. The van der Waals surface area contributed by atoms with E-state index >= 15 is 0 Å². The normalized spacial score (nSPS) is 21.9. The van der Waals surface area contributed by atoms with Gasteiger partial charge in [0.1, 0.15) is 11.9 Å². The third-order valence-corrected chi connectivity index (χ3v) is 8.34. The number of hydrogen-bond acceptors (Lipinski definition) is 5. The number of rotatable bonds is 5. The maximum atomic E-state index is 13.7. The smallest absolute Gasteiger partial charge is 0.267 e. The van der Waals surface area contributed by atoms with Gasteiger partial charge in [-0.2, -0.15) is 8.42 Å². The van der Waals surface area contributed by atoms with E-state index in [-0.39, 0.29) is 20.1 Å². The number of likely N-dealkylation sites (tertiary alicyclic amines) is 1. The first kappa shape index (κ1) is 25.1. The molecule has 6 nitrogen and oxygen atoms in total. The summed E-state index contributed by atoms with van der Waals surface area (Å²) in [5.74, 6) is -1.19. The maximum absolute atomic E-state index is 13.7. The summed E-state index contributed by atoms with van der Waals surface area (Å²) in [5, 5.41) is 1.93. The summed E-state index contributed by atoms with van der Waals surface area (Å²) >= 11 is 0. The summed E-state index contributed by atoms with van der Waals surface area (Å²) < 4.78 is 43.6. The number of halogens is 1. The molecular weight excluding hydrogens is 490 g/mol. The third-order valence-electron chi connectivity index (χ3n) is 7.13. The number of carbonyl (C=O) groups excluding carboxylic acids is 1. The molecule has 1 aliphatic heterocycles. The van der Waals surface area contributed by atoms with Gasteiger partial charge in [-0.15, -0.1) is 0 Å². The number of nitrogens with zero attached hydrogens (tertiary/aromatic N) is 2. The Morgan fingerprint density at radius 3 is 2.49 bits per heavy atom. The van der Waals surface area contributed by atoms with Crippen molar-refractivity contribution in [1.29, 1.82) is 0 Å². The van der Waals surface area contributed by atoms with E-state index in [1.807, 2.05) is 36.4 Å². The number of fused-ring (bicyclic) bond motifs is 4. The molecule has 1 aromatic heterocycles. The minimum absolute atomic E-state index is 0. The van der Waals surface area contributed by atoms with Gasteiger partial charge in [0.15, 0.2) is 6.10 Å². The third kappa shape index (κ3) is 4.12. The Bertz CT molecular complexity index is 1650. The van der Waals surface area contributed by atoms with Crippen LogP contribution < -0.4 is 10.4 Å². The van der Waals surface area contributed by atoms with Crippen LogP contribution in [0.2, 0.25) is 0 Å². The highest BCUT2D eigenvalue weighted by atomic mass is 32.2. The van der Waals surface area contributed by atoms with Crippen molar-refractivity contribution in [2.75, 3.05) is 5.75 Å². The maximum Gasteiger partial charge on any atom is 0.267 e. The molecule has 2 aromatic carbocycles. The van der Waals surface area contributed by atoms with Crippen LogP contribution in [0.1, 0.15) is 42.1 Å². The summed E-state index contributed by atoms with van der Waals surface area (Å²) in [6, 6.07) is 18.0. The number of hydrogen-bond donors (Lipinski definition) is 0. The molecule has 3 aliphatic rings. The summed E-state index contributed by atoms with van der Waals surface area (Å²) in [4.78, 5) is 19.3. The van der Waals surface area contributed by atoms with Crippen molar-refractivity contribution in [2.45, 2.75) is 31.4 Å². The molecule has 0 bridgehead atoms. The summed E-state index contributed by atoms with van der Waals surface area (Å²) in [6.07, 6.45) is 4.61. The fourth-order valence-electron chi connectivity index (χ4n) is 5.39. The van der Waals surface area contributed by atoms with Crippen LogP contribution in [0.25, 0.3) is 17.3 Å². The van der Waals surface area contributed by atoms with E-state index in [1.54, 1.807) is 4.90 Å². The Hall–Kier alpha value is -3.56. The lowest BCUT2D eigenvalue weighted by atomic mass is 9.76. The van der Waals surface area contributed by atoms with Gasteiger partial charge in [0, 0.05) is 25.2 Å². The van der Waals surface area contributed by atoms with Crippen LogP contribution in [0.5, 0.6) is 0 Å². The van der Waals surface area contributed by atoms with E-state index in [2.05, 4.69) is 29.3 Å². The van der Waals surface area contributed by atoms with Crippen molar-refractivity contribution in [3.63, 3.8) is 0 Å². The van der Waals surface area contributed by atoms with Crippen molar-refractivity contribution in [3.05, 3.63) is 106 Å². The van der Waals surface area contributed by atoms with Crippen molar-refractivity contribution < 1.29 is 21.8 Å². The average Bonchev–Trinajstić information content (AvgIpc) is 2.90. The number of amides is 1. The van der Waals surface area contributed by atoms with E-state index in [4.69, 9.17) is 4.18 Å². The van der Waals surface area contributed by atoms with E-state index in [1.165, 1.54) is 30.2 Å². The number of aromatic nitrogens is 1. The van der Waals surface area contributed by atoms with Gasteiger partial charge < -0.3 is 4.90 Å². The molecule has 6 rings (SSSR count). The lowest BCUT2D eigenvalue weighted by Gasteiger charge is -2.48. The first-order chi connectivity index (χ1) is 17.4. The van der Waals surface area contributed by atoms with Crippen molar-refractivity contribution in [3.8, 4) is 0 Å². The molecule has 2 heterocycles. The minimum atomic E-state index is -3.91. The van der Waals surface area contributed by atoms with Gasteiger partial charge in [-0.25, -0.2) is 4.39 Å². The van der Waals surface area contributed by atoms with Gasteiger partial charge in [0.25, 0.3) is 16.0 Å². The Balaban J connectivity index is 0.00000280. The van der Waals surface area contributed by atoms with Gasteiger partial charge in [-0.1, -0.05) is 60.7 Å². The molecule has 1 saturated heterocycles. The topological polar surface area (TPSA) is 76.6 Å². The largest absolute Gasteiger partial charge is 0.301 e. The predicted molar refractivity (Wildman–Crippen MR) is 139 cm³/mol. The van der Waals surface area contributed by atoms with Gasteiger partial charge in [0.05, 0.1) is 17.6 Å². The second-order valence-corrected chi connectivity index (χ2v) is 11.0. The fourth-order valence-corrected chi connectivity index (χ4v) is 6.03. The average molecular weight is 513 g/mol. The van der Waals surface area contributed by atoms with Crippen LogP contribution in [0.4, 0.5) is 4.39 Å². The van der Waals surface area contributed by atoms with Crippen LogP contribution in [-0.2, 0) is 19.1 Å². The van der Waals surface area contributed by atoms with Crippen LogP contribution in [0.3, 0.4) is 0 Å². The highest BCUT2D eigenvalue weighted by Gasteiger charge is 2.54. The molecule has 37 heavy (non-hydrogen) atoms. The van der Waals surface area contributed by atoms with Crippen LogP contribution in [0, 0.1) is 5.82 Å². The molecule has 3 radical (unpaired) electrons. The monoisotopic (exact) mass is 513 g/mol. The van der Waals surface area contributed by atoms with Crippen molar-refractivity contribution in [2.24, 2.45) is 0 Å². The molecular formula is C28H23BFN2O4S. The first-order valence-electron chi connectivity index (χ1n) is 11.8. The van der Waals surface area contributed by atoms with E-state index in [9.17, 15) is 17.6 Å². The Kier molecular flexibility index (Phi) is 6.37. The molecule has 185 valence electrons. The minimum Gasteiger partial charge on any atom is -0.301 e. The van der Waals surface area contributed by atoms with Gasteiger partial charge in [0.2, 0.25) is 0 Å². The number of allylic oxidation sites excluding steroid dienone is 1. The second kappa shape index (κ2) is 9.39. The molecule has 2 aliphatic carbocycles. The quantitative estimate of drug-likeness (QED) is 0.298. The Morgan fingerprint density at radius 2 is 1.76 bits per heavy atom. The van der Waals surface area contributed by atoms with Gasteiger partial charge >= 0.3 is 0 Å². The zero-order valence-electron chi connectivity index (χ0n) is 20.0. The van der Waals surface area contributed by atoms with E-state index < -0.39 is 34.0 Å². The lowest BCUT2D eigenvalue weighted by Crippen LogP contribution is -2.61. The van der Waals surface area contributed by atoms with Gasteiger partial charge in [-0.05, 0) is 47.4 Å². The molecule has 0 saturated carbocycles. The SMILES string of the molecule is CCS(=O)(=O)O[C@@H]1C(=O)N(C2=c3ccccc3=C3C=Cc4ccccc4C3C2)[C@H]1c1ccc(F)cn1.[B]. The van der Waals surface area contributed by atoms with Crippen molar-refractivity contribution in [1.82, 2.24) is 9.88 Å². The lowest BCUT2D eigenvalue weighted by molar-refractivity contribution is -0.156. The van der Waals surface area contributed by atoms with Crippen LogP contribution in [-0.4, -0.2) is 44.5 Å². The van der Waals surface area contributed by atoms with E-state index in [0.717, 1.165) is 27.9 Å². The summed E-state index contributed by atoms with van der Waals surface area (Å²) in [6.45, 7) is 1.46. The van der Waals surface area contributed by atoms with Gasteiger partial charge in [-0.3, -0.25) is 14.0 Å². The highest BCUT2D eigenvalue weighted by Crippen LogP contribution is 2.46. The van der Waals surface area contributed by atoms with Crippen LogP contribution in [0.15, 0.2) is 72.9 Å². The summed E-state index contributed by atoms with van der Waals surface area (Å²) in [5.41, 5.74) is 4.63. The molecule has 9 heteroatoms. The van der Waals surface area contributed by atoms with Crippen LogP contribution >= 0.6 is 0 Å². The zero-order valence-corrected chi connectivity index (χ0v) is 20.9. The molecule has 1 amide bonds. The number of benzene rings is 2. The molecule has 1 unspecified atom stereocenters. The number of pyridine rings is 1. The summed E-state index contributed by atoms with van der Waals surface area (Å²) in [7, 11) is -3.91. The first-order valence-corrected chi connectivity index (χ1v) is 13.4. The fraction of sp³-hybridized carbons (Fsp3) is 0.214. The van der Waals surface area contributed by atoms with Crippen molar-refractivity contribution >= 4 is 41.8 Å². The molecule has 0 N–H and O–H groups in total.